The molecular weight excluding hydrogens is 305 g/mol. The molecule has 2 N–H and O–H groups in total. The number of hydrogen-bond donors (Lipinski definition) is 2. The molecule has 0 aromatic carbocycles. The van der Waals surface area contributed by atoms with Crippen LogP contribution in [-0.4, -0.2) is 31.0 Å². The second kappa shape index (κ2) is 9.53. The van der Waals surface area contributed by atoms with E-state index >= 15 is 0 Å². The van der Waals surface area contributed by atoms with Gasteiger partial charge in [-0.25, -0.2) is 4.98 Å². The molecular formula is C12H23Cl2N3OS. The minimum absolute atomic E-state index is 0. The average Bonchev–Trinajstić information content (AvgIpc) is 2.72. The number of amides is 1. The van der Waals surface area contributed by atoms with Crippen molar-refractivity contribution in [1.29, 1.82) is 0 Å². The van der Waals surface area contributed by atoms with Gasteiger partial charge in [0.25, 0.3) is 5.91 Å². The van der Waals surface area contributed by atoms with Crippen LogP contribution in [0.15, 0.2) is 5.51 Å². The fraction of sp³-hybridized carbons (Fsp3) is 0.667. The zero-order chi connectivity index (χ0) is 12.9. The van der Waals surface area contributed by atoms with Crippen molar-refractivity contribution in [2.75, 3.05) is 20.1 Å². The van der Waals surface area contributed by atoms with Gasteiger partial charge in [-0.1, -0.05) is 20.8 Å². The number of thiazole rings is 1. The summed E-state index contributed by atoms with van der Waals surface area (Å²) < 4.78 is 0. The van der Waals surface area contributed by atoms with E-state index in [1.807, 2.05) is 7.05 Å². The van der Waals surface area contributed by atoms with Gasteiger partial charge in [-0.05, 0) is 20.0 Å². The number of hydrogen-bond acceptors (Lipinski definition) is 4. The third-order valence-electron chi connectivity index (χ3n) is 2.37. The van der Waals surface area contributed by atoms with Crippen molar-refractivity contribution in [3.05, 3.63) is 16.1 Å². The van der Waals surface area contributed by atoms with Crippen molar-refractivity contribution < 1.29 is 4.79 Å². The van der Waals surface area contributed by atoms with Crippen LogP contribution in [0.2, 0.25) is 0 Å². The smallest absolute Gasteiger partial charge is 0.263 e. The summed E-state index contributed by atoms with van der Waals surface area (Å²) in [5, 5.41) is 5.97. The molecule has 1 aromatic rings. The zero-order valence-corrected chi connectivity index (χ0v) is 14.2. The molecule has 112 valence electrons. The monoisotopic (exact) mass is 327 g/mol. The molecule has 0 atom stereocenters. The Morgan fingerprint density at radius 1 is 1.32 bits per heavy atom. The first kappa shape index (κ1) is 20.9. The van der Waals surface area contributed by atoms with Crippen molar-refractivity contribution in [2.24, 2.45) is 0 Å². The summed E-state index contributed by atoms with van der Waals surface area (Å²) in [4.78, 5) is 17.0. The Morgan fingerprint density at radius 2 is 1.95 bits per heavy atom. The lowest BCUT2D eigenvalue weighted by molar-refractivity contribution is 0.0955. The van der Waals surface area contributed by atoms with Crippen LogP contribution in [0.5, 0.6) is 0 Å². The molecule has 0 bridgehead atoms. The van der Waals surface area contributed by atoms with Gasteiger partial charge in [-0.15, -0.1) is 36.2 Å². The predicted molar refractivity (Wildman–Crippen MR) is 86.2 cm³/mol. The third-order valence-corrected chi connectivity index (χ3v) is 3.20. The molecule has 0 radical (unpaired) electrons. The molecule has 0 aliphatic carbocycles. The topological polar surface area (TPSA) is 54.0 Å². The molecule has 19 heavy (non-hydrogen) atoms. The molecule has 0 saturated heterocycles. The van der Waals surface area contributed by atoms with E-state index in [2.05, 4.69) is 36.4 Å². The van der Waals surface area contributed by atoms with Crippen molar-refractivity contribution in [3.8, 4) is 0 Å². The average molecular weight is 328 g/mol. The lowest BCUT2D eigenvalue weighted by atomic mass is 9.91. The first-order chi connectivity index (χ1) is 7.96. The van der Waals surface area contributed by atoms with Crippen LogP contribution < -0.4 is 10.6 Å². The molecule has 0 saturated carbocycles. The van der Waals surface area contributed by atoms with Crippen molar-refractivity contribution in [1.82, 2.24) is 15.6 Å². The molecule has 0 unspecified atom stereocenters. The van der Waals surface area contributed by atoms with Crippen molar-refractivity contribution in [3.63, 3.8) is 0 Å². The maximum atomic E-state index is 12.0. The molecule has 1 amide bonds. The normalized spacial score (nSPS) is 10.3. The van der Waals surface area contributed by atoms with Crippen LogP contribution in [-0.2, 0) is 5.41 Å². The molecule has 1 heterocycles. The van der Waals surface area contributed by atoms with E-state index in [9.17, 15) is 4.79 Å². The van der Waals surface area contributed by atoms with E-state index < -0.39 is 0 Å². The highest BCUT2D eigenvalue weighted by molar-refractivity contribution is 7.11. The Labute approximate surface area is 131 Å². The number of nitrogens with zero attached hydrogens (tertiary/aromatic N) is 1. The number of rotatable bonds is 5. The first-order valence-electron chi connectivity index (χ1n) is 5.83. The Kier molecular flexibility index (Phi) is 10.5. The second-order valence-electron chi connectivity index (χ2n) is 4.99. The number of aromatic nitrogens is 1. The van der Waals surface area contributed by atoms with Crippen LogP contribution in [0.1, 0.15) is 42.6 Å². The highest BCUT2D eigenvalue weighted by Crippen LogP contribution is 2.26. The standard InChI is InChI=1S/C12H21N3OS.2ClH/c1-12(2,3)10-9(17-8-15-10)11(16)14-7-5-6-13-4;;/h8,13H,5-7H2,1-4H3,(H,14,16);2*1H. The summed E-state index contributed by atoms with van der Waals surface area (Å²) in [6, 6.07) is 0. The van der Waals surface area contributed by atoms with Gasteiger partial charge in [0, 0.05) is 12.0 Å². The first-order valence-corrected chi connectivity index (χ1v) is 6.71. The van der Waals surface area contributed by atoms with E-state index in [1.54, 1.807) is 5.51 Å². The predicted octanol–water partition coefficient (Wildman–Crippen LogP) is 2.62. The minimum atomic E-state index is -0.0857. The molecule has 4 nitrogen and oxygen atoms in total. The van der Waals surface area contributed by atoms with E-state index in [0.717, 1.165) is 23.5 Å². The highest BCUT2D eigenvalue weighted by atomic mass is 35.5. The molecule has 0 aliphatic heterocycles. The van der Waals surface area contributed by atoms with Gasteiger partial charge < -0.3 is 10.6 Å². The van der Waals surface area contributed by atoms with Crippen LogP contribution in [0.25, 0.3) is 0 Å². The molecule has 1 rings (SSSR count). The van der Waals surface area contributed by atoms with Gasteiger partial charge in [0.1, 0.15) is 4.88 Å². The summed E-state index contributed by atoms with van der Waals surface area (Å²) in [6.45, 7) is 7.82. The SMILES string of the molecule is CNCCCNC(=O)c1scnc1C(C)(C)C.Cl.Cl. The lowest BCUT2D eigenvalue weighted by Gasteiger charge is -2.17. The molecule has 7 heteroatoms. The second-order valence-corrected chi connectivity index (χ2v) is 5.85. The van der Waals surface area contributed by atoms with E-state index in [-0.39, 0.29) is 36.1 Å². The van der Waals surface area contributed by atoms with Crippen LogP contribution >= 0.6 is 36.2 Å². The van der Waals surface area contributed by atoms with Gasteiger partial charge >= 0.3 is 0 Å². The minimum Gasteiger partial charge on any atom is -0.351 e. The van der Waals surface area contributed by atoms with Crippen molar-refractivity contribution >= 4 is 42.1 Å². The maximum absolute atomic E-state index is 12.0. The summed E-state index contributed by atoms with van der Waals surface area (Å²) in [7, 11) is 1.91. The van der Waals surface area contributed by atoms with Gasteiger partial charge in [-0.3, -0.25) is 4.79 Å². The Balaban J connectivity index is 0. The van der Waals surface area contributed by atoms with Gasteiger partial charge in [0.05, 0.1) is 11.2 Å². The fourth-order valence-electron chi connectivity index (χ4n) is 1.49. The summed E-state index contributed by atoms with van der Waals surface area (Å²) in [5.41, 5.74) is 2.54. The Morgan fingerprint density at radius 3 is 2.47 bits per heavy atom. The molecule has 0 fully saturated rings. The van der Waals surface area contributed by atoms with Crippen molar-refractivity contribution in [2.45, 2.75) is 32.6 Å². The van der Waals surface area contributed by atoms with Crippen LogP contribution in [0, 0.1) is 0 Å². The summed E-state index contributed by atoms with van der Waals surface area (Å²) >= 11 is 1.41. The Bertz CT molecular complexity index is 377. The van der Waals surface area contributed by atoms with Gasteiger partial charge in [-0.2, -0.15) is 0 Å². The van der Waals surface area contributed by atoms with Crippen LogP contribution in [0.4, 0.5) is 0 Å². The largest absolute Gasteiger partial charge is 0.351 e. The molecule has 0 spiro atoms. The fourth-order valence-corrected chi connectivity index (χ4v) is 2.40. The highest BCUT2D eigenvalue weighted by Gasteiger charge is 2.24. The van der Waals surface area contributed by atoms with E-state index in [4.69, 9.17) is 0 Å². The van der Waals surface area contributed by atoms with Crippen LogP contribution in [0.3, 0.4) is 0 Å². The van der Waals surface area contributed by atoms with E-state index in [0.29, 0.717) is 6.54 Å². The molecule has 0 aliphatic rings. The van der Waals surface area contributed by atoms with Gasteiger partial charge in [0.2, 0.25) is 0 Å². The molecule has 1 aromatic heterocycles. The lowest BCUT2D eigenvalue weighted by Crippen LogP contribution is -2.28. The quantitative estimate of drug-likeness (QED) is 0.817. The number of carbonyl (C=O) groups is 1. The van der Waals surface area contributed by atoms with E-state index in [1.165, 1.54) is 11.3 Å². The maximum Gasteiger partial charge on any atom is 0.263 e. The zero-order valence-electron chi connectivity index (χ0n) is 11.8. The number of carbonyl (C=O) groups excluding carboxylic acids is 1. The summed E-state index contributed by atoms with van der Waals surface area (Å²) in [5.74, 6) is -0.00599. The number of nitrogens with one attached hydrogen (secondary N) is 2. The number of halogens is 2. The third kappa shape index (κ3) is 6.56. The van der Waals surface area contributed by atoms with Gasteiger partial charge in [0.15, 0.2) is 0 Å². The Hall–Kier alpha value is -0.360. The summed E-state index contributed by atoms with van der Waals surface area (Å²) in [6.07, 6.45) is 0.936.